The minimum absolute atomic E-state index is 0.0412. The average Bonchev–Trinajstić information content (AvgIpc) is 2.65. The molecule has 1 aromatic rings. The molecule has 1 aromatic heterocycles. The Labute approximate surface area is 95.2 Å². The van der Waals surface area contributed by atoms with Gasteiger partial charge in [-0.3, -0.25) is 9.48 Å². The molecule has 1 rings (SSSR count). The molecule has 0 spiro atoms. The number of hydrogen-bond donors (Lipinski definition) is 2. The largest absolute Gasteiger partial charge is 0.359 e. The van der Waals surface area contributed by atoms with Gasteiger partial charge < -0.3 is 11.1 Å². The number of carbonyl (C=O) groups is 1. The third-order valence-corrected chi connectivity index (χ3v) is 2.27. The Morgan fingerprint density at radius 1 is 1.62 bits per heavy atom. The van der Waals surface area contributed by atoms with Gasteiger partial charge in [0.25, 0.3) is 0 Å². The van der Waals surface area contributed by atoms with Crippen molar-refractivity contribution in [2.75, 3.05) is 7.05 Å². The number of nitrogens with one attached hydrogen (secondary N) is 1. The van der Waals surface area contributed by atoms with Gasteiger partial charge in [0.2, 0.25) is 5.91 Å². The van der Waals surface area contributed by atoms with Gasteiger partial charge in [-0.1, -0.05) is 5.21 Å². The van der Waals surface area contributed by atoms with E-state index in [4.69, 9.17) is 5.73 Å². The quantitative estimate of drug-likeness (QED) is 0.738. The summed E-state index contributed by atoms with van der Waals surface area (Å²) in [5.74, 6) is 0.0412. The lowest BCUT2D eigenvalue weighted by atomic mass is 10.0. The van der Waals surface area contributed by atoms with E-state index in [0.717, 1.165) is 12.1 Å². The highest BCUT2D eigenvalue weighted by Gasteiger charge is 2.18. The first-order chi connectivity index (χ1) is 7.43. The SMILES string of the molecule is CNC(=O)CCCn1cc(C(C)(C)N)nn1. The van der Waals surface area contributed by atoms with E-state index in [2.05, 4.69) is 15.6 Å². The molecular weight excluding hydrogens is 206 g/mol. The molecule has 0 aromatic carbocycles. The van der Waals surface area contributed by atoms with Gasteiger partial charge in [0.05, 0.1) is 11.7 Å². The minimum atomic E-state index is -0.473. The first-order valence-electron chi connectivity index (χ1n) is 5.33. The first-order valence-corrected chi connectivity index (χ1v) is 5.33. The molecule has 0 aliphatic heterocycles. The van der Waals surface area contributed by atoms with E-state index in [1.54, 1.807) is 11.7 Å². The van der Waals surface area contributed by atoms with Crippen LogP contribution in [0.3, 0.4) is 0 Å². The highest BCUT2D eigenvalue weighted by molar-refractivity contribution is 5.75. The minimum Gasteiger partial charge on any atom is -0.359 e. The summed E-state index contributed by atoms with van der Waals surface area (Å²) in [5.41, 5.74) is 6.17. The molecule has 0 aliphatic rings. The number of amides is 1. The maximum absolute atomic E-state index is 11.0. The van der Waals surface area contributed by atoms with Gasteiger partial charge in [0.15, 0.2) is 0 Å². The van der Waals surface area contributed by atoms with E-state index in [0.29, 0.717) is 13.0 Å². The van der Waals surface area contributed by atoms with Crippen molar-refractivity contribution >= 4 is 5.91 Å². The van der Waals surface area contributed by atoms with Crippen LogP contribution in [0.2, 0.25) is 0 Å². The van der Waals surface area contributed by atoms with Crippen LogP contribution in [0.25, 0.3) is 0 Å². The predicted octanol–water partition coefficient (Wildman–Crippen LogP) is -0.00190. The van der Waals surface area contributed by atoms with Gasteiger partial charge in [-0.15, -0.1) is 5.10 Å². The van der Waals surface area contributed by atoms with E-state index in [-0.39, 0.29) is 5.91 Å². The lowest BCUT2D eigenvalue weighted by Crippen LogP contribution is -2.29. The third-order valence-electron chi connectivity index (χ3n) is 2.27. The Morgan fingerprint density at radius 2 is 2.31 bits per heavy atom. The number of rotatable bonds is 5. The van der Waals surface area contributed by atoms with Gasteiger partial charge in [0, 0.05) is 20.0 Å². The smallest absolute Gasteiger partial charge is 0.219 e. The molecular formula is C10H19N5O. The molecule has 6 nitrogen and oxygen atoms in total. The number of nitrogens with zero attached hydrogens (tertiary/aromatic N) is 3. The van der Waals surface area contributed by atoms with Crippen LogP contribution in [-0.4, -0.2) is 27.9 Å². The van der Waals surface area contributed by atoms with E-state index in [1.807, 2.05) is 20.0 Å². The van der Waals surface area contributed by atoms with Crippen molar-refractivity contribution in [2.45, 2.75) is 38.8 Å². The molecule has 90 valence electrons. The summed E-state index contributed by atoms with van der Waals surface area (Å²) >= 11 is 0. The maximum atomic E-state index is 11.0. The molecule has 0 fully saturated rings. The summed E-state index contributed by atoms with van der Waals surface area (Å²) in [6.07, 6.45) is 3.06. The topological polar surface area (TPSA) is 85.8 Å². The summed E-state index contributed by atoms with van der Waals surface area (Å²) in [7, 11) is 1.63. The van der Waals surface area contributed by atoms with Crippen LogP contribution < -0.4 is 11.1 Å². The van der Waals surface area contributed by atoms with Crippen LogP contribution in [0.1, 0.15) is 32.4 Å². The van der Waals surface area contributed by atoms with Crippen molar-refractivity contribution in [2.24, 2.45) is 5.73 Å². The van der Waals surface area contributed by atoms with Crippen molar-refractivity contribution in [3.8, 4) is 0 Å². The number of aromatic nitrogens is 3. The zero-order valence-corrected chi connectivity index (χ0v) is 10.0. The monoisotopic (exact) mass is 225 g/mol. The molecule has 0 unspecified atom stereocenters. The van der Waals surface area contributed by atoms with Gasteiger partial charge in [-0.2, -0.15) is 0 Å². The van der Waals surface area contributed by atoms with Crippen LogP contribution >= 0.6 is 0 Å². The predicted molar refractivity (Wildman–Crippen MR) is 60.5 cm³/mol. The Balaban J connectivity index is 2.44. The number of nitrogens with two attached hydrogens (primary N) is 1. The van der Waals surface area contributed by atoms with Crippen molar-refractivity contribution in [1.29, 1.82) is 0 Å². The first kappa shape index (κ1) is 12.6. The van der Waals surface area contributed by atoms with Crippen molar-refractivity contribution in [1.82, 2.24) is 20.3 Å². The Kier molecular flexibility index (Phi) is 4.00. The Hall–Kier alpha value is -1.43. The second-order valence-electron chi connectivity index (χ2n) is 4.37. The maximum Gasteiger partial charge on any atom is 0.219 e. The van der Waals surface area contributed by atoms with Crippen LogP contribution in [-0.2, 0) is 16.9 Å². The number of aryl methyl sites for hydroxylation is 1. The zero-order chi connectivity index (χ0) is 12.2. The molecule has 0 saturated carbocycles. The molecule has 16 heavy (non-hydrogen) atoms. The van der Waals surface area contributed by atoms with E-state index >= 15 is 0 Å². The summed E-state index contributed by atoms with van der Waals surface area (Å²) < 4.78 is 1.72. The summed E-state index contributed by atoms with van der Waals surface area (Å²) in [4.78, 5) is 11.0. The third kappa shape index (κ3) is 3.62. The molecule has 6 heteroatoms. The zero-order valence-electron chi connectivity index (χ0n) is 10.0. The normalized spacial score (nSPS) is 11.5. The molecule has 1 amide bonds. The molecule has 0 radical (unpaired) electrons. The molecule has 3 N–H and O–H groups in total. The van der Waals surface area contributed by atoms with Crippen molar-refractivity contribution < 1.29 is 4.79 Å². The summed E-state index contributed by atoms with van der Waals surface area (Å²) in [6.45, 7) is 4.44. The van der Waals surface area contributed by atoms with Crippen molar-refractivity contribution in [3.63, 3.8) is 0 Å². The van der Waals surface area contributed by atoms with Gasteiger partial charge in [0.1, 0.15) is 5.69 Å². The summed E-state index contributed by atoms with van der Waals surface area (Å²) in [5, 5.41) is 10.5. The highest BCUT2D eigenvalue weighted by atomic mass is 16.1. The second-order valence-corrected chi connectivity index (χ2v) is 4.37. The standard InChI is InChI=1S/C10H19N5O/c1-10(2,11)8-7-15(14-13-8)6-4-5-9(16)12-3/h7H,4-6,11H2,1-3H3,(H,12,16). The lowest BCUT2D eigenvalue weighted by molar-refractivity contribution is -0.120. The average molecular weight is 225 g/mol. The molecule has 0 aliphatic carbocycles. The van der Waals surface area contributed by atoms with Crippen LogP contribution in [0.15, 0.2) is 6.20 Å². The lowest BCUT2D eigenvalue weighted by Gasteiger charge is -2.13. The van der Waals surface area contributed by atoms with E-state index in [9.17, 15) is 4.79 Å². The van der Waals surface area contributed by atoms with Crippen LogP contribution in [0, 0.1) is 0 Å². The molecule has 0 atom stereocenters. The fourth-order valence-electron chi connectivity index (χ4n) is 1.23. The van der Waals surface area contributed by atoms with E-state index < -0.39 is 5.54 Å². The van der Waals surface area contributed by atoms with Gasteiger partial charge in [-0.05, 0) is 20.3 Å². The summed E-state index contributed by atoms with van der Waals surface area (Å²) in [6, 6.07) is 0. The van der Waals surface area contributed by atoms with Crippen LogP contribution in [0.4, 0.5) is 0 Å². The van der Waals surface area contributed by atoms with Gasteiger partial charge >= 0.3 is 0 Å². The second kappa shape index (κ2) is 5.07. The van der Waals surface area contributed by atoms with Crippen molar-refractivity contribution in [3.05, 3.63) is 11.9 Å². The number of hydrogen-bond acceptors (Lipinski definition) is 4. The molecule has 1 heterocycles. The molecule has 0 bridgehead atoms. The Morgan fingerprint density at radius 3 is 2.81 bits per heavy atom. The van der Waals surface area contributed by atoms with Crippen LogP contribution in [0.5, 0.6) is 0 Å². The number of carbonyl (C=O) groups excluding carboxylic acids is 1. The molecule has 0 saturated heterocycles. The van der Waals surface area contributed by atoms with Gasteiger partial charge in [-0.25, -0.2) is 0 Å². The fourth-order valence-corrected chi connectivity index (χ4v) is 1.23. The van der Waals surface area contributed by atoms with E-state index in [1.165, 1.54) is 0 Å². The highest BCUT2D eigenvalue weighted by Crippen LogP contribution is 2.12. The Bertz CT molecular complexity index is 352. The fraction of sp³-hybridized carbons (Fsp3) is 0.700.